The molecule has 3 unspecified atom stereocenters. The summed E-state index contributed by atoms with van der Waals surface area (Å²) in [5.41, 5.74) is 3.11. The lowest BCUT2D eigenvalue weighted by Gasteiger charge is -2.38. The first-order valence-electron chi connectivity index (χ1n) is 8.92. The first kappa shape index (κ1) is 15.1. The zero-order valence-corrected chi connectivity index (χ0v) is 13.6. The van der Waals surface area contributed by atoms with E-state index in [9.17, 15) is 0 Å². The van der Waals surface area contributed by atoms with E-state index in [1.54, 1.807) is 11.1 Å². The van der Waals surface area contributed by atoms with Gasteiger partial charge in [-0.2, -0.15) is 0 Å². The highest BCUT2D eigenvalue weighted by atomic mass is 15.2. The van der Waals surface area contributed by atoms with E-state index in [2.05, 4.69) is 48.3 Å². The van der Waals surface area contributed by atoms with Crippen LogP contribution in [-0.4, -0.2) is 30.1 Å². The molecular formula is C19H30N2. The molecule has 0 spiro atoms. The molecule has 3 atom stereocenters. The van der Waals surface area contributed by atoms with Crippen LogP contribution < -0.4 is 5.32 Å². The first-order valence-corrected chi connectivity index (χ1v) is 8.92. The van der Waals surface area contributed by atoms with Crippen LogP contribution in [0.4, 0.5) is 0 Å². The highest BCUT2D eigenvalue weighted by Crippen LogP contribution is 2.37. The third-order valence-electron chi connectivity index (χ3n) is 5.45. The number of hydrogen-bond donors (Lipinski definition) is 1. The third-order valence-corrected chi connectivity index (χ3v) is 5.45. The quantitative estimate of drug-likeness (QED) is 0.902. The monoisotopic (exact) mass is 286 g/mol. The Balaban J connectivity index is 1.86. The summed E-state index contributed by atoms with van der Waals surface area (Å²) in [6.07, 6.45) is 8.12. The number of hydrogen-bond acceptors (Lipinski definition) is 2. The van der Waals surface area contributed by atoms with Crippen LogP contribution in [0.15, 0.2) is 24.3 Å². The Labute approximate surface area is 129 Å². The van der Waals surface area contributed by atoms with E-state index in [1.165, 1.54) is 45.1 Å². The van der Waals surface area contributed by atoms with Crippen LogP contribution in [-0.2, 0) is 6.42 Å². The Morgan fingerprint density at radius 1 is 1.14 bits per heavy atom. The molecule has 0 radical (unpaired) electrons. The molecule has 21 heavy (non-hydrogen) atoms. The van der Waals surface area contributed by atoms with E-state index < -0.39 is 0 Å². The molecule has 1 heterocycles. The summed E-state index contributed by atoms with van der Waals surface area (Å²) in [5, 5.41) is 3.77. The Morgan fingerprint density at radius 2 is 2.00 bits per heavy atom. The van der Waals surface area contributed by atoms with Gasteiger partial charge in [0.25, 0.3) is 0 Å². The van der Waals surface area contributed by atoms with Crippen molar-refractivity contribution in [2.45, 2.75) is 70.5 Å². The van der Waals surface area contributed by atoms with Crippen molar-refractivity contribution in [1.82, 2.24) is 10.2 Å². The smallest absolute Gasteiger partial charge is 0.0484 e. The molecular weight excluding hydrogens is 256 g/mol. The molecule has 1 aromatic rings. The lowest BCUT2D eigenvalue weighted by Crippen LogP contribution is -2.48. The largest absolute Gasteiger partial charge is 0.309 e. The van der Waals surface area contributed by atoms with Crippen LogP contribution in [0.5, 0.6) is 0 Å². The molecule has 1 saturated heterocycles. The Hall–Kier alpha value is -0.860. The molecule has 1 N–H and O–H groups in total. The fraction of sp³-hybridized carbons (Fsp3) is 0.684. The van der Waals surface area contributed by atoms with Gasteiger partial charge < -0.3 is 5.32 Å². The molecule has 2 nitrogen and oxygen atoms in total. The molecule has 2 aliphatic rings. The van der Waals surface area contributed by atoms with Gasteiger partial charge in [0, 0.05) is 18.1 Å². The highest BCUT2D eigenvalue weighted by molar-refractivity contribution is 5.37. The van der Waals surface area contributed by atoms with Gasteiger partial charge in [-0.3, -0.25) is 4.90 Å². The van der Waals surface area contributed by atoms with Gasteiger partial charge in [-0.1, -0.05) is 51.0 Å². The minimum absolute atomic E-state index is 0.526. The zero-order chi connectivity index (χ0) is 14.7. The van der Waals surface area contributed by atoms with Crippen LogP contribution in [0.2, 0.25) is 0 Å². The maximum atomic E-state index is 3.77. The molecule has 1 aliphatic heterocycles. The number of rotatable bonds is 4. The third kappa shape index (κ3) is 3.02. The lowest BCUT2D eigenvalue weighted by atomic mass is 10.0. The second-order valence-electron chi connectivity index (χ2n) is 6.65. The Kier molecular flexibility index (Phi) is 4.97. The standard InChI is InChI=1S/C19H30N2/c1-3-16-11-6-5-9-13-21(16)18-14-15-10-7-8-12-17(15)19(18)20-4-2/h7-8,10,12,16,18-20H,3-6,9,11,13-14H2,1-2H3. The molecule has 1 fully saturated rings. The van der Waals surface area contributed by atoms with Crippen molar-refractivity contribution >= 4 is 0 Å². The molecule has 3 rings (SSSR count). The molecule has 0 saturated carbocycles. The fourth-order valence-electron chi connectivity index (χ4n) is 4.42. The predicted molar refractivity (Wildman–Crippen MR) is 89.6 cm³/mol. The summed E-state index contributed by atoms with van der Waals surface area (Å²) < 4.78 is 0. The number of likely N-dealkylation sites (N-methyl/N-ethyl adjacent to an activating group) is 1. The maximum Gasteiger partial charge on any atom is 0.0484 e. The van der Waals surface area contributed by atoms with Crippen molar-refractivity contribution in [2.24, 2.45) is 0 Å². The summed E-state index contributed by atoms with van der Waals surface area (Å²) in [6, 6.07) is 11.0. The molecule has 0 amide bonds. The van der Waals surface area contributed by atoms with Crippen molar-refractivity contribution in [3.8, 4) is 0 Å². The summed E-state index contributed by atoms with van der Waals surface area (Å²) in [4.78, 5) is 2.85. The van der Waals surface area contributed by atoms with E-state index >= 15 is 0 Å². The van der Waals surface area contributed by atoms with Gasteiger partial charge in [0.2, 0.25) is 0 Å². The molecule has 116 valence electrons. The summed E-state index contributed by atoms with van der Waals surface area (Å²) in [5.74, 6) is 0. The molecule has 0 bridgehead atoms. The minimum Gasteiger partial charge on any atom is -0.309 e. The molecule has 0 aromatic heterocycles. The van der Waals surface area contributed by atoms with Gasteiger partial charge in [-0.25, -0.2) is 0 Å². The van der Waals surface area contributed by atoms with E-state index in [1.807, 2.05) is 0 Å². The topological polar surface area (TPSA) is 15.3 Å². The van der Waals surface area contributed by atoms with Crippen molar-refractivity contribution in [3.05, 3.63) is 35.4 Å². The SMILES string of the molecule is CCNC1c2ccccc2CC1N1CCCCCC1CC. The molecule has 2 heteroatoms. The van der Waals surface area contributed by atoms with Crippen molar-refractivity contribution in [3.63, 3.8) is 0 Å². The van der Waals surface area contributed by atoms with Crippen LogP contribution in [0.25, 0.3) is 0 Å². The van der Waals surface area contributed by atoms with Gasteiger partial charge in [0.15, 0.2) is 0 Å². The number of fused-ring (bicyclic) bond motifs is 1. The fourth-order valence-corrected chi connectivity index (χ4v) is 4.42. The minimum atomic E-state index is 0.526. The van der Waals surface area contributed by atoms with E-state index in [4.69, 9.17) is 0 Å². The Morgan fingerprint density at radius 3 is 2.81 bits per heavy atom. The van der Waals surface area contributed by atoms with Crippen molar-refractivity contribution in [2.75, 3.05) is 13.1 Å². The van der Waals surface area contributed by atoms with Gasteiger partial charge in [0.1, 0.15) is 0 Å². The van der Waals surface area contributed by atoms with Gasteiger partial charge in [-0.15, -0.1) is 0 Å². The highest BCUT2D eigenvalue weighted by Gasteiger charge is 2.38. The average Bonchev–Trinajstić information content (AvgIpc) is 2.71. The maximum absolute atomic E-state index is 3.77. The number of nitrogens with one attached hydrogen (secondary N) is 1. The molecule has 1 aromatic carbocycles. The summed E-state index contributed by atoms with van der Waals surface area (Å²) >= 11 is 0. The average molecular weight is 286 g/mol. The molecule has 1 aliphatic carbocycles. The number of nitrogens with zero attached hydrogens (tertiary/aromatic N) is 1. The number of benzene rings is 1. The summed E-state index contributed by atoms with van der Waals surface area (Å²) in [6.45, 7) is 6.95. The zero-order valence-electron chi connectivity index (χ0n) is 13.6. The normalized spacial score (nSPS) is 30.1. The second-order valence-corrected chi connectivity index (χ2v) is 6.65. The Bertz CT molecular complexity index is 457. The van der Waals surface area contributed by atoms with Gasteiger partial charge >= 0.3 is 0 Å². The van der Waals surface area contributed by atoms with Crippen LogP contribution in [0.3, 0.4) is 0 Å². The van der Waals surface area contributed by atoms with Gasteiger partial charge in [-0.05, 0) is 49.9 Å². The van der Waals surface area contributed by atoms with Crippen LogP contribution in [0, 0.1) is 0 Å². The van der Waals surface area contributed by atoms with E-state index in [-0.39, 0.29) is 0 Å². The van der Waals surface area contributed by atoms with E-state index in [0.717, 1.165) is 12.6 Å². The van der Waals surface area contributed by atoms with E-state index in [0.29, 0.717) is 12.1 Å². The summed E-state index contributed by atoms with van der Waals surface area (Å²) in [7, 11) is 0. The second kappa shape index (κ2) is 6.93. The first-order chi connectivity index (χ1) is 10.3. The van der Waals surface area contributed by atoms with Crippen LogP contribution >= 0.6 is 0 Å². The van der Waals surface area contributed by atoms with Crippen molar-refractivity contribution < 1.29 is 0 Å². The van der Waals surface area contributed by atoms with Gasteiger partial charge in [0.05, 0.1) is 0 Å². The lowest BCUT2D eigenvalue weighted by molar-refractivity contribution is 0.111. The van der Waals surface area contributed by atoms with Crippen LogP contribution in [0.1, 0.15) is 63.1 Å². The van der Waals surface area contributed by atoms with Crippen molar-refractivity contribution in [1.29, 1.82) is 0 Å². The number of likely N-dealkylation sites (tertiary alicyclic amines) is 1. The predicted octanol–water partition coefficient (Wildman–Crippen LogP) is 3.92.